The van der Waals surface area contributed by atoms with E-state index in [1.807, 2.05) is 30.3 Å². The number of carbonyl (C=O) groups is 2. The number of aryl methyl sites for hydroxylation is 1. The lowest BCUT2D eigenvalue weighted by molar-refractivity contribution is -0.142. The van der Waals surface area contributed by atoms with Crippen LogP contribution in [0.4, 0.5) is 0 Å². The molecule has 1 fully saturated rings. The highest BCUT2D eigenvalue weighted by molar-refractivity contribution is 5.87. The summed E-state index contributed by atoms with van der Waals surface area (Å²) >= 11 is 0. The number of benzene rings is 1. The van der Waals surface area contributed by atoms with Crippen LogP contribution in [0.25, 0.3) is 0 Å². The smallest absolute Gasteiger partial charge is 0.326 e. The van der Waals surface area contributed by atoms with Crippen molar-refractivity contribution in [3.05, 3.63) is 35.9 Å². The predicted molar refractivity (Wildman–Crippen MR) is 75.4 cm³/mol. The van der Waals surface area contributed by atoms with Gasteiger partial charge in [-0.3, -0.25) is 4.79 Å². The summed E-state index contributed by atoms with van der Waals surface area (Å²) in [5.74, 6) is -1.18. The molecule has 1 aromatic carbocycles. The summed E-state index contributed by atoms with van der Waals surface area (Å²) in [6.45, 7) is 0.819. The van der Waals surface area contributed by atoms with Gasteiger partial charge in [0.1, 0.15) is 6.04 Å². The largest absolute Gasteiger partial charge is 0.480 e. The van der Waals surface area contributed by atoms with Crippen LogP contribution in [0.1, 0.15) is 24.8 Å². The summed E-state index contributed by atoms with van der Waals surface area (Å²) in [5, 5.41) is 14.9. The molecule has 2 rings (SSSR count). The maximum atomic E-state index is 11.9. The second-order valence-electron chi connectivity index (χ2n) is 5.07. The zero-order valence-corrected chi connectivity index (χ0v) is 11.3. The quantitative estimate of drug-likeness (QED) is 0.722. The molecule has 1 saturated heterocycles. The van der Waals surface area contributed by atoms with Crippen molar-refractivity contribution in [3.8, 4) is 0 Å². The van der Waals surface area contributed by atoms with Crippen LogP contribution in [-0.2, 0) is 16.0 Å². The molecular formula is C15H20N2O3. The Bertz CT molecular complexity index is 455. The van der Waals surface area contributed by atoms with Crippen molar-refractivity contribution in [2.24, 2.45) is 0 Å². The van der Waals surface area contributed by atoms with Gasteiger partial charge in [-0.05, 0) is 37.8 Å². The summed E-state index contributed by atoms with van der Waals surface area (Å²) in [6.07, 6.45) is 2.77. The summed E-state index contributed by atoms with van der Waals surface area (Å²) in [6, 6.07) is 8.61. The highest BCUT2D eigenvalue weighted by atomic mass is 16.4. The van der Waals surface area contributed by atoms with Gasteiger partial charge in [0.2, 0.25) is 5.91 Å². The van der Waals surface area contributed by atoms with Crippen LogP contribution in [0.3, 0.4) is 0 Å². The number of hydrogen-bond acceptors (Lipinski definition) is 3. The number of amides is 1. The summed E-state index contributed by atoms with van der Waals surface area (Å²) < 4.78 is 0. The van der Waals surface area contributed by atoms with E-state index in [2.05, 4.69) is 10.6 Å². The van der Waals surface area contributed by atoms with Crippen molar-refractivity contribution in [3.63, 3.8) is 0 Å². The molecular weight excluding hydrogens is 256 g/mol. The molecule has 5 nitrogen and oxygen atoms in total. The van der Waals surface area contributed by atoms with Gasteiger partial charge in [0.25, 0.3) is 0 Å². The number of rotatable bonds is 6. The van der Waals surface area contributed by atoms with E-state index in [0.29, 0.717) is 12.8 Å². The minimum Gasteiger partial charge on any atom is -0.480 e. The molecule has 1 aliphatic rings. The molecule has 1 heterocycles. The standard InChI is InChI=1S/C15H20N2O3/c18-14(12-7-4-10-16-12)17-13(15(19)20)9-8-11-5-2-1-3-6-11/h1-3,5-6,12-13,16H,4,7-10H2,(H,17,18)(H,19,20). The fraction of sp³-hybridized carbons (Fsp3) is 0.467. The molecule has 0 aliphatic carbocycles. The van der Waals surface area contributed by atoms with Crippen LogP contribution in [0.5, 0.6) is 0 Å². The van der Waals surface area contributed by atoms with Crippen molar-refractivity contribution in [1.29, 1.82) is 0 Å². The van der Waals surface area contributed by atoms with Gasteiger partial charge < -0.3 is 15.7 Å². The molecule has 2 atom stereocenters. The third-order valence-electron chi connectivity index (χ3n) is 3.56. The van der Waals surface area contributed by atoms with E-state index in [1.54, 1.807) is 0 Å². The first-order valence-electron chi connectivity index (χ1n) is 6.97. The Hall–Kier alpha value is -1.88. The maximum Gasteiger partial charge on any atom is 0.326 e. The van der Waals surface area contributed by atoms with E-state index in [-0.39, 0.29) is 11.9 Å². The van der Waals surface area contributed by atoms with Crippen LogP contribution in [0.2, 0.25) is 0 Å². The molecule has 5 heteroatoms. The number of carboxylic acids is 1. The molecule has 0 radical (unpaired) electrons. The molecule has 0 bridgehead atoms. The first kappa shape index (κ1) is 14.5. The Morgan fingerprint density at radius 2 is 2.10 bits per heavy atom. The lowest BCUT2D eigenvalue weighted by Gasteiger charge is -2.17. The summed E-state index contributed by atoms with van der Waals surface area (Å²) in [7, 11) is 0. The Morgan fingerprint density at radius 3 is 2.70 bits per heavy atom. The topological polar surface area (TPSA) is 78.4 Å². The second kappa shape index (κ2) is 7.05. The fourth-order valence-corrected chi connectivity index (χ4v) is 2.39. The van der Waals surface area contributed by atoms with Crippen LogP contribution in [-0.4, -0.2) is 35.6 Å². The Kier molecular flexibility index (Phi) is 5.12. The number of nitrogens with one attached hydrogen (secondary N) is 2. The van der Waals surface area contributed by atoms with E-state index in [4.69, 9.17) is 0 Å². The summed E-state index contributed by atoms with van der Waals surface area (Å²) in [5.41, 5.74) is 1.08. The monoisotopic (exact) mass is 276 g/mol. The average molecular weight is 276 g/mol. The van der Waals surface area contributed by atoms with E-state index < -0.39 is 12.0 Å². The van der Waals surface area contributed by atoms with Gasteiger partial charge in [-0.25, -0.2) is 4.79 Å². The van der Waals surface area contributed by atoms with Gasteiger partial charge in [-0.1, -0.05) is 30.3 Å². The number of hydrogen-bond donors (Lipinski definition) is 3. The van der Waals surface area contributed by atoms with Gasteiger partial charge in [0, 0.05) is 0 Å². The Morgan fingerprint density at radius 1 is 1.35 bits per heavy atom. The van der Waals surface area contributed by atoms with E-state index in [1.165, 1.54) is 0 Å². The van der Waals surface area contributed by atoms with Crippen molar-refractivity contribution >= 4 is 11.9 Å². The Labute approximate surface area is 118 Å². The molecule has 0 saturated carbocycles. The molecule has 0 spiro atoms. The molecule has 1 aliphatic heterocycles. The normalized spacial score (nSPS) is 19.5. The molecule has 108 valence electrons. The van der Waals surface area contributed by atoms with Crippen molar-refractivity contribution in [2.45, 2.75) is 37.8 Å². The molecule has 0 aromatic heterocycles. The van der Waals surface area contributed by atoms with Gasteiger partial charge >= 0.3 is 5.97 Å². The molecule has 3 N–H and O–H groups in total. The van der Waals surface area contributed by atoms with E-state index in [9.17, 15) is 14.7 Å². The lowest BCUT2D eigenvalue weighted by Crippen LogP contribution is -2.48. The Balaban J connectivity index is 1.87. The first-order chi connectivity index (χ1) is 9.66. The zero-order chi connectivity index (χ0) is 14.4. The van der Waals surface area contributed by atoms with Crippen molar-refractivity contribution < 1.29 is 14.7 Å². The second-order valence-corrected chi connectivity index (χ2v) is 5.07. The van der Waals surface area contributed by atoms with E-state index >= 15 is 0 Å². The number of carboxylic acid groups (broad SMARTS) is 1. The third kappa shape index (κ3) is 4.06. The highest BCUT2D eigenvalue weighted by Gasteiger charge is 2.26. The molecule has 1 amide bonds. The van der Waals surface area contributed by atoms with Gasteiger partial charge in [-0.15, -0.1) is 0 Å². The number of aliphatic carboxylic acids is 1. The van der Waals surface area contributed by atoms with Crippen molar-refractivity contribution in [2.75, 3.05) is 6.54 Å². The molecule has 20 heavy (non-hydrogen) atoms. The van der Waals surface area contributed by atoms with Gasteiger partial charge in [-0.2, -0.15) is 0 Å². The highest BCUT2D eigenvalue weighted by Crippen LogP contribution is 2.08. The third-order valence-corrected chi connectivity index (χ3v) is 3.56. The summed E-state index contributed by atoms with van der Waals surface area (Å²) in [4.78, 5) is 23.2. The maximum absolute atomic E-state index is 11.9. The SMILES string of the molecule is O=C(O)C(CCc1ccccc1)NC(=O)C1CCCN1. The minimum absolute atomic E-state index is 0.206. The molecule has 1 aromatic rings. The molecule has 2 unspecified atom stereocenters. The van der Waals surface area contributed by atoms with Crippen LogP contribution < -0.4 is 10.6 Å². The lowest BCUT2D eigenvalue weighted by atomic mass is 10.0. The van der Waals surface area contributed by atoms with Crippen LogP contribution in [0, 0.1) is 0 Å². The van der Waals surface area contributed by atoms with Crippen LogP contribution in [0.15, 0.2) is 30.3 Å². The average Bonchev–Trinajstić information content (AvgIpc) is 2.98. The van der Waals surface area contributed by atoms with Crippen LogP contribution >= 0.6 is 0 Å². The van der Waals surface area contributed by atoms with Crippen molar-refractivity contribution in [1.82, 2.24) is 10.6 Å². The fourth-order valence-electron chi connectivity index (χ4n) is 2.39. The van der Waals surface area contributed by atoms with Gasteiger partial charge in [0.05, 0.1) is 6.04 Å². The minimum atomic E-state index is -0.979. The van der Waals surface area contributed by atoms with Gasteiger partial charge in [0.15, 0.2) is 0 Å². The predicted octanol–water partition coefficient (Wildman–Crippen LogP) is 0.941. The zero-order valence-electron chi connectivity index (χ0n) is 11.3. The first-order valence-corrected chi connectivity index (χ1v) is 6.97. The number of carbonyl (C=O) groups excluding carboxylic acids is 1. The van der Waals surface area contributed by atoms with E-state index in [0.717, 1.165) is 24.9 Å².